The Hall–Kier alpha value is -1.35. The van der Waals surface area contributed by atoms with E-state index in [4.69, 9.17) is 4.74 Å². The van der Waals surface area contributed by atoms with Crippen molar-refractivity contribution in [2.75, 3.05) is 13.6 Å². The number of hydrogen-bond acceptors (Lipinski definition) is 3. The Kier molecular flexibility index (Phi) is 5.70. The molecule has 0 amide bonds. The van der Waals surface area contributed by atoms with Crippen molar-refractivity contribution in [2.45, 2.75) is 32.8 Å². The number of benzene rings is 1. The van der Waals surface area contributed by atoms with Gasteiger partial charge >= 0.3 is 0 Å². The van der Waals surface area contributed by atoms with Gasteiger partial charge < -0.3 is 10.1 Å². The zero-order valence-corrected chi connectivity index (χ0v) is 10.8. The van der Waals surface area contributed by atoms with Crippen LogP contribution in [0.15, 0.2) is 24.3 Å². The Labute approximate surface area is 103 Å². The highest BCUT2D eigenvalue weighted by Gasteiger charge is 2.05. The van der Waals surface area contributed by atoms with Crippen molar-refractivity contribution in [2.24, 2.45) is 0 Å². The largest absolute Gasteiger partial charge is 0.491 e. The standard InChI is InChI=1S/C14H21NO2/c1-11(2)17-13-8-6-12(7-9-13)14(16)5-4-10-15-3/h6-9,11,15H,4-5,10H2,1-3H3. The van der Waals surface area contributed by atoms with Crippen LogP contribution in [0, 0.1) is 0 Å². The predicted molar refractivity (Wildman–Crippen MR) is 69.7 cm³/mol. The van der Waals surface area contributed by atoms with Crippen LogP contribution in [-0.4, -0.2) is 25.5 Å². The van der Waals surface area contributed by atoms with Crippen molar-refractivity contribution >= 4 is 5.78 Å². The lowest BCUT2D eigenvalue weighted by Crippen LogP contribution is -2.10. The highest BCUT2D eigenvalue weighted by atomic mass is 16.5. The minimum atomic E-state index is 0.159. The number of Topliss-reactive ketones (excluding diaryl/α,β-unsaturated/α-hetero) is 1. The van der Waals surface area contributed by atoms with E-state index in [1.54, 1.807) is 0 Å². The fraction of sp³-hybridized carbons (Fsp3) is 0.500. The lowest BCUT2D eigenvalue weighted by molar-refractivity contribution is 0.0980. The molecule has 0 atom stereocenters. The van der Waals surface area contributed by atoms with Crippen LogP contribution < -0.4 is 10.1 Å². The SMILES string of the molecule is CNCCCC(=O)c1ccc(OC(C)C)cc1. The van der Waals surface area contributed by atoms with E-state index in [0.29, 0.717) is 6.42 Å². The van der Waals surface area contributed by atoms with E-state index in [1.165, 1.54) is 0 Å². The van der Waals surface area contributed by atoms with E-state index >= 15 is 0 Å². The first-order valence-electron chi connectivity index (χ1n) is 6.08. The van der Waals surface area contributed by atoms with Crippen molar-refractivity contribution in [3.8, 4) is 5.75 Å². The zero-order chi connectivity index (χ0) is 12.7. The molecule has 0 spiro atoms. The number of nitrogens with one attached hydrogen (secondary N) is 1. The van der Waals surface area contributed by atoms with Crippen molar-refractivity contribution in [3.63, 3.8) is 0 Å². The van der Waals surface area contributed by atoms with E-state index in [-0.39, 0.29) is 11.9 Å². The van der Waals surface area contributed by atoms with Crippen LogP contribution in [0.25, 0.3) is 0 Å². The summed E-state index contributed by atoms with van der Waals surface area (Å²) in [4.78, 5) is 11.8. The van der Waals surface area contributed by atoms with Crippen LogP contribution in [0.1, 0.15) is 37.0 Å². The van der Waals surface area contributed by atoms with Gasteiger partial charge in [-0.2, -0.15) is 0 Å². The third-order valence-electron chi connectivity index (χ3n) is 2.38. The van der Waals surface area contributed by atoms with Crippen LogP contribution in [0.2, 0.25) is 0 Å². The maximum absolute atomic E-state index is 11.8. The van der Waals surface area contributed by atoms with Crippen LogP contribution in [0.3, 0.4) is 0 Å². The molecule has 94 valence electrons. The van der Waals surface area contributed by atoms with Crippen molar-refractivity contribution < 1.29 is 9.53 Å². The summed E-state index contributed by atoms with van der Waals surface area (Å²) in [5.41, 5.74) is 0.761. The molecule has 0 aliphatic carbocycles. The lowest BCUT2D eigenvalue weighted by Gasteiger charge is -2.09. The molecule has 0 bridgehead atoms. The second-order valence-corrected chi connectivity index (χ2v) is 4.32. The number of carbonyl (C=O) groups excluding carboxylic acids is 1. The fourth-order valence-electron chi connectivity index (χ4n) is 1.56. The Bertz CT molecular complexity index is 344. The molecular formula is C14H21NO2. The van der Waals surface area contributed by atoms with Gasteiger partial charge in [0.25, 0.3) is 0 Å². The van der Waals surface area contributed by atoms with E-state index in [1.807, 2.05) is 45.2 Å². The van der Waals surface area contributed by atoms with Gasteiger partial charge in [-0.25, -0.2) is 0 Å². The topological polar surface area (TPSA) is 38.3 Å². The monoisotopic (exact) mass is 235 g/mol. The van der Waals surface area contributed by atoms with E-state index in [9.17, 15) is 4.79 Å². The Balaban J connectivity index is 2.52. The Morgan fingerprint density at radius 1 is 1.29 bits per heavy atom. The third kappa shape index (κ3) is 5.00. The molecule has 17 heavy (non-hydrogen) atoms. The summed E-state index contributed by atoms with van der Waals surface area (Å²) in [5, 5.41) is 3.03. The van der Waals surface area contributed by atoms with Gasteiger partial charge in [0.05, 0.1) is 6.10 Å². The average molecular weight is 235 g/mol. The number of carbonyl (C=O) groups is 1. The maximum Gasteiger partial charge on any atom is 0.162 e. The molecule has 0 unspecified atom stereocenters. The summed E-state index contributed by atoms with van der Waals surface area (Å²) in [6.45, 7) is 4.84. The molecule has 1 aromatic rings. The lowest BCUT2D eigenvalue weighted by atomic mass is 10.1. The molecule has 3 nitrogen and oxygen atoms in total. The predicted octanol–water partition coefficient (Wildman–Crippen LogP) is 2.66. The summed E-state index contributed by atoms with van der Waals surface area (Å²) in [5.74, 6) is 1.00. The highest BCUT2D eigenvalue weighted by Crippen LogP contribution is 2.15. The highest BCUT2D eigenvalue weighted by molar-refractivity contribution is 5.96. The summed E-state index contributed by atoms with van der Waals surface area (Å²) in [7, 11) is 1.89. The smallest absolute Gasteiger partial charge is 0.162 e. The Morgan fingerprint density at radius 2 is 1.94 bits per heavy atom. The van der Waals surface area contributed by atoms with Crippen LogP contribution in [0.4, 0.5) is 0 Å². The summed E-state index contributed by atoms with van der Waals surface area (Å²) in [6, 6.07) is 7.37. The summed E-state index contributed by atoms with van der Waals surface area (Å²) < 4.78 is 5.53. The third-order valence-corrected chi connectivity index (χ3v) is 2.38. The molecule has 0 heterocycles. The molecule has 0 saturated heterocycles. The first kappa shape index (κ1) is 13.7. The molecule has 1 N–H and O–H groups in total. The molecule has 1 aromatic carbocycles. The quantitative estimate of drug-likeness (QED) is 0.583. The van der Waals surface area contributed by atoms with Gasteiger partial charge in [0.15, 0.2) is 5.78 Å². The van der Waals surface area contributed by atoms with E-state index in [0.717, 1.165) is 24.3 Å². The molecule has 0 radical (unpaired) electrons. The summed E-state index contributed by atoms with van der Waals surface area (Å²) in [6.07, 6.45) is 1.62. The molecule has 3 heteroatoms. The second-order valence-electron chi connectivity index (χ2n) is 4.32. The van der Waals surface area contributed by atoms with Crippen LogP contribution in [-0.2, 0) is 0 Å². The van der Waals surface area contributed by atoms with E-state index in [2.05, 4.69) is 5.32 Å². The van der Waals surface area contributed by atoms with Crippen LogP contribution >= 0.6 is 0 Å². The molecule has 0 aromatic heterocycles. The number of ether oxygens (including phenoxy) is 1. The molecule has 1 rings (SSSR count). The molecule has 0 aliphatic heterocycles. The van der Waals surface area contributed by atoms with Gasteiger partial charge in [-0.1, -0.05) is 0 Å². The van der Waals surface area contributed by atoms with Gasteiger partial charge in [-0.15, -0.1) is 0 Å². The molecule has 0 saturated carbocycles. The average Bonchev–Trinajstić information content (AvgIpc) is 2.29. The van der Waals surface area contributed by atoms with Gasteiger partial charge in [-0.05, 0) is 58.1 Å². The Morgan fingerprint density at radius 3 is 2.47 bits per heavy atom. The molecule has 0 aliphatic rings. The van der Waals surface area contributed by atoms with Gasteiger partial charge in [0, 0.05) is 12.0 Å². The molecular weight excluding hydrogens is 214 g/mol. The second kappa shape index (κ2) is 7.07. The first-order valence-corrected chi connectivity index (χ1v) is 6.08. The van der Waals surface area contributed by atoms with Gasteiger partial charge in [0.1, 0.15) is 5.75 Å². The minimum Gasteiger partial charge on any atom is -0.491 e. The van der Waals surface area contributed by atoms with Crippen molar-refractivity contribution in [1.29, 1.82) is 0 Å². The van der Waals surface area contributed by atoms with Crippen molar-refractivity contribution in [3.05, 3.63) is 29.8 Å². The molecule has 0 fully saturated rings. The number of hydrogen-bond donors (Lipinski definition) is 1. The van der Waals surface area contributed by atoms with Crippen LogP contribution in [0.5, 0.6) is 5.75 Å². The maximum atomic E-state index is 11.8. The summed E-state index contributed by atoms with van der Waals surface area (Å²) >= 11 is 0. The van der Waals surface area contributed by atoms with Gasteiger partial charge in [0.2, 0.25) is 0 Å². The number of rotatable bonds is 7. The number of ketones is 1. The van der Waals surface area contributed by atoms with E-state index < -0.39 is 0 Å². The first-order chi connectivity index (χ1) is 8.13. The zero-order valence-electron chi connectivity index (χ0n) is 10.8. The minimum absolute atomic E-state index is 0.159. The van der Waals surface area contributed by atoms with Gasteiger partial charge in [-0.3, -0.25) is 4.79 Å². The van der Waals surface area contributed by atoms with Crippen molar-refractivity contribution in [1.82, 2.24) is 5.32 Å². The fourth-order valence-corrected chi connectivity index (χ4v) is 1.56. The normalized spacial score (nSPS) is 10.6.